The van der Waals surface area contributed by atoms with Crippen LogP contribution in [0, 0.1) is 0 Å². The van der Waals surface area contributed by atoms with Gasteiger partial charge in [-0.2, -0.15) is 4.98 Å². The third kappa shape index (κ3) is 4.18. The molecule has 8 heteroatoms. The van der Waals surface area contributed by atoms with Crippen molar-refractivity contribution < 1.29 is 0 Å². The van der Waals surface area contributed by atoms with E-state index in [4.69, 9.17) is 10.7 Å². The predicted molar refractivity (Wildman–Crippen MR) is 130 cm³/mol. The molecule has 168 valence electrons. The van der Waals surface area contributed by atoms with E-state index in [0.717, 1.165) is 35.1 Å². The fraction of sp³-hybridized carbons (Fsp3) is 0.375. The van der Waals surface area contributed by atoms with Crippen molar-refractivity contribution >= 4 is 29.4 Å². The summed E-state index contributed by atoms with van der Waals surface area (Å²) in [5, 5.41) is 0. The van der Waals surface area contributed by atoms with Crippen molar-refractivity contribution in [1.82, 2.24) is 18.7 Å². The highest BCUT2D eigenvalue weighted by atomic mass is 16.2. The second kappa shape index (κ2) is 9.00. The Hall–Kier alpha value is -3.39. The lowest BCUT2D eigenvalue weighted by Gasteiger charge is -2.31. The lowest BCUT2D eigenvalue weighted by Crippen LogP contribution is -2.44. The van der Waals surface area contributed by atoms with Crippen LogP contribution < -0.4 is 21.9 Å². The summed E-state index contributed by atoms with van der Waals surface area (Å²) in [6.45, 7) is 6.02. The van der Waals surface area contributed by atoms with Crippen LogP contribution in [-0.2, 0) is 13.6 Å². The van der Waals surface area contributed by atoms with Gasteiger partial charge in [0.1, 0.15) is 0 Å². The molecule has 0 radical (unpaired) electrons. The van der Waals surface area contributed by atoms with Crippen molar-refractivity contribution in [3.63, 3.8) is 0 Å². The van der Waals surface area contributed by atoms with Crippen molar-refractivity contribution in [3.8, 4) is 0 Å². The van der Waals surface area contributed by atoms with Gasteiger partial charge >= 0.3 is 5.69 Å². The molecule has 1 saturated heterocycles. The van der Waals surface area contributed by atoms with Gasteiger partial charge in [-0.05, 0) is 38.3 Å². The quantitative estimate of drug-likeness (QED) is 0.623. The van der Waals surface area contributed by atoms with Crippen LogP contribution in [0.15, 0.2) is 51.6 Å². The molecule has 0 aliphatic carbocycles. The van der Waals surface area contributed by atoms with Gasteiger partial charge in [-0.25, -0.2) is 4.79 Å². The number of nitrogens with zero attached hydrogens (tertiary/aromatic N) is 5. The van der Waals surface area contributed by atoms with Crippen molar-refractivity contribution in [2.75, 3.05) is 18.0 Å². The molecule has 2 aromatic heterocycles. The molecule has 1 atom stereocenters. The highest BCUT2D eigenvalue weighted by Crippen LogP contribution is 2.23. The third-order valence-electron chi connectivity index (χ3n) is 5.80. The number of piperidine rings is 1. The minimum absolute atomic E-state index is 0.0588. The number of hydrogen-bond donors (Lipinski definition) is 1. The molecule has 3 aromatic rings. The first kappa shape index (κ1) is 21.8. The summed E-state index contributed by atoms with van der Waals surface area (Å²) in [4.78, 5) is 33.2. The summed E-state index contributed by atoms with van der Waals surface area (Å²) in [7, 11) is 1.51. The maximum atomic E-state index is 13.2. The Labute approximate surface area is 186 Å². The topological polar surface area (TPSA) is 91.1 Å². The average molecular weight is 435 g/mol. The standard InChI is InChI=1S/C24H30N6O2/c1-17(2)11-14-29-20-21(26-23(29)28-13-7-10-19(25)16-28)30(24(32)27(3)22(20)31)15-12-18-8-5-4-6-9-18/h4-6,8-9,11-12,15,19H,7,10,13-14,16,25H2,1-3H3/b15-12+. The maximum Gasteiger partial charge on any atom is 0.336 e. The number of imidazole rings is 1. The number of nitrogens with two attached hydrogens (primary N) is 1. The summed E-state index contributed by atoms with van der Waals surface area (Å²) < 4.78 is 4.51. The normalized spacial score (nSPS) is 16.8. The molecular weight excluding hydrogens is 404 g/mol. The van der Waals surface area contributed by atoms with Crippen LogP contribution in [0.1, 0.15) is 32.3 Å². The predicted octanol–water partition coefficient (Wildman–Crippen LogP) is 2.42. The van der Waals surface area contributed by atoms with E-state index in [-0.39, 0.29) is 11.6 Å². The molecular formula is C24H30N6O2. The number of fused-ring (bicyclic) bond motifs is 1. The van der Waals surface area contributed by atoms with Gasteiger partial charge in [0.2, 0.25) is 5.95 Å². The Balaban J connectivity index is 1.96. The van der Waals surface area contributed by atoms with E-state index in [1.807, 2.05) is 54.8 Å². The lowest BCUT2D eigenvalue weighted by atomic mass is 10.1. The Morgan fingerprint density at radius 2 is 1.97 bits per heavy atom. The lowest BCUT2D eigenvalue weighted by molar-refractivity contribution is 0.495. The van der Waals surface area contributed by atoms with Crippen LogP contribution >= 0.6 is 0 Å². The second-order valence-electron chi connectivity index (χ2n) is 8.57. The van der Waals surface area contributed by atoms with Gasteiger partial charge < -0.3 is 15.2 Å². The Kier molecular flexibility index (Phi) is 6.14. The van der Waals surface area contributed by atoms with Gasteiger partial charge in [0.05, 0.1) is 0 Å². The van der Waals surface area contributed by atoms with Crippen LogP contribution in [0.25, 0.3) is 23.4 Å². The first-order valence-electron chi connectivity index (χ1n) is 11.0. The first-order chi connectivity index (χ1) is 15.4. The maximum absolute atomic E-state index is 13.2. The molecule has 32 heavy (non-hydrogen) atoms. The monoisotopic (exact) mass is 434 g/mol. The Morgan fingerprint density at radius 1 is 1.22 bits per heavy atom. The number of anilines is 1. The van der Waals surface area contributed by atoms with Crippen molar-refractivity contribution in [1.29, 1.82) is 0 Å². The van der Waals surface area contributed by atoms with Gasteiger partial charge in [-0.15, -0.1) is 0 Å². The minimum atomic E-state index is -0.427. The smallest absolute Gasteiger partial charge is 0.336 e. The van der Waals surface area contributed by atoms with Crippen molar-refractivity contribution in [2.45, 2.75) is 39.3 Å². The van der Waals surface area contributed by atoms with E-state index in [2.05, 4.69) is 11.0 Å². The van der Waals surface area contributed by atoms with Gasteiger partial charge in [0, 0.05) is 38.9 Å². The first-order valence-corrected chi connectivity index (χ1v) is 11.0. The SMILES string of the molecule is CC(C)=CCn1c(N2CCCC(N)C2)nc2c1c(=O)n(C)c(=O)n2/C=C/c1ccccc1. The van der Waals surface area contributed by atoms with Crippen LogP contribution in [0.3, 0.4) is 0 Å². The molecule has 3 heterocycles. The molecule has 1 unspecified atom stereocenters. The molecule has 4 rings (SSSR count). The zero-order valence-corrected chi connectivity index (χ0v) is 18.9. The Morgan fingerprint density at radius 3 is 2.66 bits per heavy atom. The van der Waals surface area contributed by atoms with E-state index < -0.39 is 5.69 Å². The zero-order valence-electron chi connectivity index (χ0n) is 18.9. The van der Waals surface area contributed by atoms with E-state index in [1.165, 1.54) is 11.6 Å². The number of rotatable bonds is 5. The zero-order chi connectivity index (χ0) is 22.8. The van der Waals surface area contributed by atoms with Crippen LogP contribution in [-0.4, -0.2) is 37.8 Å². The van der Waals surface area contributed by atoms with E-state index in [1.54, 1.807) is 6.20 Å². The fourth-order valence-corrected chi connectivity index (χ4v) is 4.04. The Bertz CT molecular complexity index is 1290. The molecule has 0 spiro atoms. The third-order valence-corrected chi connectivity index (χ3v) is 5.80. The van der Waals surface area contributed by atoms with E-state index >= 15 is 0 Å². The summed E-state index contributed by atoms with van der Waals surface area (Å²) in [5.41, 5.74) is 8.32. The number of allylic oxidation sites excluding steroid dienone is 2. The highest BCUT2D eigenvalue weighted by molar-refractivity contribution is 5.78. The number of benzene rings is 1. The van der Waals surface area contributed by atoms with Crippen LogP contribution in [0.4, 0.5) is 5.95 Å². The molecule has 1 aliphatic rings. The van der Waals surface area contributed by atoms with Gasteiger partial charge in [-0.1, -0.05) is 42.0 Å². The summed E-state index contributed by atoms with van der Waals surface area (Å²) in [6.07, 6.45) is 7.52. The minimum Gasteiger partial charge on any atom is -0.341 e. The summed E-state index contributed by atoms with van der Waals surface area (Å²) >= 11 is 0. The largest absolute Gasteiger partial charge is 0.341 e. The molecule has 8 nitrogen and oxygen atoms in total. The highest BCUT2D eigenvalue weighted by Gasteiger charge is 2.25. The second-order valence-corrected chi connectivity index (χ2v) is 8.57. The van der Waals surface area contributed by atoms with Crippen molar-refractivity contribution in [3.05, 3.63) is 68.4 Å². The van der Waals surface area contributed by atoms with E-state index in [9.17, 15) is 9.59 Å². The van der Waals surface area contributed by atoms with Crippen LogP contribution in [0.5, 0.6) is 0 Å². The molecule has 0 amide bonds. The molecule has 0 saturated carbocycles. The number of hydrogen-bond acceptors (Lipinski definition) is 5. The van der Waals surface area contributed by atoms with Crippen molar-refractivity contribution in [2.24, 2.45) is 12.8 Å². The van der Waals surface area contributed by atoms with Gasteiger partial charge in [-0.3, -0.25) is 13.9 Å². The van der Waals surface area contributed by atoms with Gasteiger partial charge in [0.25, 0.3) is 5.56 Å². The van der Waals surface area contributed by atoms with Crippen LogP contribution in [0.2, 0.25) is 0 Å². The van der Waals surface area contributed by atoms with Gasteiger partial charge in [0.15, 0.2) is 11.2 Å². The molecule has 2 N–H and O–H groups in total. The molecule has 1 aliphatic heterocycles. The number of aromatic nitrogens is 4. The summed E-state index contributed by atoms with van der Waals surface area (Å²) in [5.74, 6) is 0.678. The molecule has 0 bridgehead atoms. The molecule has 1 fully saturated rings. The molecule has 1 aromatic carbocycles. The van der Waals surface area contributed by atoms with E-state index in [0.29, 0.717) is 30.2 Å². The summed E-state index contributed by atoms with van der Waals surface area (Å²) in [6, 6.07) is 9.77. The fourth-order valence-electron chi connectivity index (χ4n) is 4.04. The average Bonchev–Trinajstić information content (AvgIpc) is 3.16.